The van der Waals surface area contributed by atoms with E-state index in [1.807, 2.05) is 0 Å². The van der Waals surface area contributed by atoms with E-state index in [0.29, 0.717) is 34.5 Å². The van der Waals surface area contributed by atoms with Crippen molar-refractivity contribution in [3.63, 3.8) is 0 Å². The number of fused-ring (bicyclic) bond motifs is 3. The van der Waals surface area contributed by atoms with E-state index >= 15 is 0 Å². The van der Waals surface area contributed by atoms with Crippen LogP contribution in [0.3, 0.4) is 0 Å². The number of nitrogens with one attached hydrogen (secondary N) is 2. The topological polar surface area (TPSA) is 84.1 Å². The van der Waals surface area contributed by atoms with Crippen molar-refractivity contribution in [3.05, 3.63) is 80.2 Å². The number of carbonyl (C=O) groups excluding carboxylic acids is 1. The molecule has 5 rings (SSSR count). The van der Waals surface area contributed by atoms with Crippen molar-refractivity contribution in [3.8, 4) is 11.5 Å². The van der Waals surface area contributed by atoms with E-state index in [4.69, 9.17) is 16.3 Å². The molecular weight excluding hydrogens is 458 g/mol. The molecule has 1 aliphatic rings. The van der Waals surface area contributed by atoms with E-state index in [-0.39, 0.29) is 17.9 Å². The number of rotatable bonds is 6. The smallest absolute Gasteiger partial charge is 0.259 e. The highest BCUT2D eigenvalue weighted by Gasteiger charge is 2.19. The molecule has 0 saturated carbocycles. The lowest BCUT2D eigenvalue weighted by Gasteiger charge is -2.09. The minimum atomic E-state index is -0.144. The van der Waals surface area contributed by atoms with Crippen molar-refractivity contribution in [2.24, 2.45) is 0 Å². The fourth-order valence-corrected chi connectivity index (χ4v) is 5.43. The van der Waals surface area contributed by atoms with Crippen molar-refractivity contribution in [2.45, 2.75) is 38.5 Å². The third-order valence-electron chi connectivity index (χ3n) is 5.65. The van der Waals surface area contributed by atoms with Gasteiger partial charge in [0.25, 0.3) is 5.56 Å². The summed E-state index contributed by atoms with van der Waals surface area (Å²) in [7, 11) is 0. The Labute approximate surface area is 199 Å². The second-order valence-electron chi connectivity index (χ2n) is 8.03. The van der Waals surface area contributed by atoms with Gasteiger partial charge in [-0.15, -0.1) is 11.3 Å². The zero-order chi connectivity index (χ0) is 22.8. The van der Waals surface area contributed by atoms with Gasteiger partial charge < -0.3 is 15.0 Å². The Morgan fingerprint density at radius 1 is 1.06 bits per heavy atom. The predicted molar refractivity (Wildman–Crippen MR) is 132 cm³/mol. The number of nitrogens with zero attached hydrogens (tertiary/aromatic N) is 1. The number of aromatic nitrogens is 2. The molecule has 0 unspecified atom stereocenters. The first kappa shape index (κ1) is 21.7. The van der Waals surface area contributed by atoms with Gasteiger partial charge in [-0.2, -0.15) is 0 Å². The van der Waals surface area contributed by atoms with E-state index in [2.05, 4.69) is 15.3 Å². The fraction of sp³-hybridized carbons (Fsp3) is 0.240. The molecule has 0 atom stereocenters. The largest absolute Gasteiger partial charge is 0.457 e. The summed E-state index contributed by atoms with van der Waals surface area (Å²) >= 11 is 7.50. The minimum Gasteiger partial charge on any atom is -0.457 e. The van der Waals surface area contributed by atoms with E-state index in [9.17, 15) is 9.59 Å². The van der Waals surface area contributed by atoms with Crippen molar-refractivity contribution in [2.75, 3.05) is 5.32 Å². The van der Waals surface area contributed by atoms with Crippen LogP contribution in [0.2, 0.25) is 5.02 Å². The average molecular weight is 480 g/mol. The number of ether oxygens (including phenoxy) is 1. The number of benzene rings is 2. The quantitative estimate of drug-likeness (QED) is 0.361. The second-order valence-corrected chi connectivity index (χ2v) is 9.55. The number of aromatic amines is 1. The number of aryl methyl sites for hydroxylation is 3. The Morgan fingerprint density at radius 2 is 1.76 bits per heavy atom. The summed E-state index contributed by atoms with van der Waals surface area (Å²) in [5.74, 6) is 1.74. The molecule has 0 bridgehead atoms. The molecule has 2 aromatic heterocycles. The normalized spacial score (nSPS) is 13.0. The van der Waals surface area contributed by atoms with Crippen molar-refractivity contribution < 1.29 is 9.53 Å². The van der Waals surface area contributed by atoms with E-state index in [1.165, 1.54) is 16.9 Å². The number of hydrogen-bond donors (Lipinski definition) is 2. The highest BCUT2D eigenvalue weighted by Crippen LogP contribution is 2.33. The first-order valence-electron chi connectivity index (χ1n) is 10.9. The highest BCUT2D eigenvalue weighted by atomic mass is 35.5. The maximum atomic E-state index is 12.6. The molecule has 168 valence electrons. The average Bonchev–Trinajstić information content (AvgIpc) is 3.19. The zero-order valence-corrected chi connectivity index (χ0v) is 19.4. The fourth-order valence-electron chi connectivity index (χ4n) is 4.03. The van der Waals surface area contributed by atoms with Crippen LogP contribution in [0.15, 0.2) is 53.3 Å². The Hall–Kier alpha value is -3.16. The molecule has 0 spiro atoms. The molecule has 2 N–H and O–H groups in total. The highest BCUT2D eigenvalue weighted by molar-refractivity contribution is 7.18. The van der Waals surface area contributed by atoms with Gasteiger partial charge in [-0.3, -0.25) is 9.59 Å². The molecule has 0 fully saturated rings. The molecule has 0 radical (unpaired) electrons. The van der Waals surface area contributed by atoms with Crippen LogP contribution in [0.5, 0.6) is 11.5 Å². The zero-order valence-electron chi connectivity index (χ0n) is 17.8. The van der Waals surface area contributed by atoms with Gasteiger partial charge in [-0.1, -0.05) is 11.6 Å². The van der Waals surface area contributed by atoms with Crippen LogP contribution >= 0.6 is 22.9 Å². The van der Waals surface area contributed by atoms with Gasteiger partial charge >= 0.3 is 0 Å². The lowest BCUT2D eigenvalue weighted by atomic mass is 9.97. The monoisotopic (exact) mass is 479 g/mol. The third kappa shape index (κ3) is 4.94. The Morgan fingerprint density at radius 3 is 2.52 bits per heavy atom. The van der Waals surface area contributed by atoms with Gasteiger partial charge in [0, 0.05) is 28.4 Å². The maximum Gasteiger partial charge on any atom is 0.259 e. The molecule has 0 saturated heterocycles. The number of halogens is 1. The number of carbonyl (C=O) groups is 1. The standard InChI is InChI=1S/C25H22ClN3O3S/c26-15-5-9-17(10-6-15)32-18-11-7-16(8-12-18)27-22(30)14-13-21-28-24(31)23-19-3-1-2-4-20(19)33-25(23)29-21/h5-12H,1-4,13-14H2,(H,27,30)(H,28,29,31). The molecule has 8 heteroatoms. The Kier molecular flexibility index (Phi) is 6.15. The van der Waals surface area contributed by atoms with Crippen LogP contribution in [0.4, 0.5) is 5.69 Å². The summed E-state index contributed by atoms with van der Waals surface area (Å²) < 4.78 is 5.76. The molecule has 2 heterocycles. The summed E-state index contributed by atoms with van der Waals surface area (Å²) in [6, 6.07) is 14.2. The second kappa shape index (κ2) is 9.37. The molecule has 2 aromatic carbocycles. The van der Waals surface area contributed by atoms with Gasteiger partial charge in [-0.25, -0.2) is 4.98 Å². The molecule has 0 aliphatic heterocycles. The van der Waals surface area contributed by atoms with E-state index in [0.717, 1.165) is 29.5 Å². The van der Waals surface area contributed by atoms with E-state index < -0.39 is 0 Å². The SMILES string of the molecule is O=C(CCc1nc2sc3c(c2c(=O)[nH]1)CCCC3)Nc1ccc(Oc2ccc(Cl)cc2)cc1. The number of hydrogen-bond acceptors (Lipinski definition) is 5. The van der Waals surface area contributed by atoms with Crippen LogP contribution < -0.4 is 15.6 Å². The predicted octanol–water partition coefficient (Wildman–Crippen LogP) is 5.88. The minimum absolute atomic E-state index is 0.0916. The summed E-state index contributed by atoms with van der Waals surface area (Å²) in [5, 5.41) is 4.26. The van der Waals surface area contributed by atoms with Gasteiger partial charge in [0.05, 0.1) is 5.39 Å². The number of H-pyrrole nitrogens is 1. The summed E-state index contributed by atoms with van der Waals surface area (Å²) in [6.45, 7) is 0. The number of amides is 1. The summed E-state index contributed by atoms with van der Waals surface area (Å²) in [6.07, 6.45) is 4.86. The van der Waals surface area contributed by atoms with Gasteiger partial charge in [0.2, 0.25) is 5.91 Å². The van der Waals surface area contributed by atoms with E-state index in [1.54, 1.807) is 59.9 Å². The van der Waals surface area contributed by atoms with Gasteiger partial charge in [0.1, 0.15) is 22.2 Å². The number of thiophene rings is 1. The molecule has 4 aromatic rings. The van der Waals surface area contributed by atoms with Crippen LogP contribution in [0, 0.1) is 0 Å². The first-order chi connectivity index (χ1) is 16.0. The number of anilines is 1. The first-order valence-corrected chi connectivity index (χ1v) is 12.1. The van der Waals surface area contributed by atoms with Crippen LogP contribution in [-0.2, 0) is 24.1 Å². The van der Waals surface area contributed by atoms with Crippen molar-refractivity contribution in [1.82, 2.24) is 9.97 Å². The molecule has 1 aliphatic carbocycles. The Balaban J connectivity index is 1.19. The molecule has 33 heavy (non-hydrogen) atoms. The van der Waals surface area contributed by atoms with Crippen LogP contribution in [0.25, 0.3) is 10.2 Å². The lowest BCUT2D eigenvalue weighted by molar-refractivity contribution is -0.116. The molecular formula is C25H22ClN3O3S. The van der Waals surface area contributed by atoms with Crippen LogP contribution in [0.1, 0.15) is 35.5 Å². The maximum absolute atomic E-state index is 12.6. The third-order valence-corrected chi connectivity index (χ3v) is 7.09. The van der Waals surface area contributed by atoms with Crippen LogP contribution in [-0.4, -0.2) is 15.9 Å². The van der Waals surface area contributed by atoms with Gasteiger partial charge in [0.15, 0.2) is 0 Å². The molecule has 1 amide bonds. The van der Waals surface area contributed by atoms with Crippen molar-refractivity contribution in [1.29, 1.82) is 0 Å². The van der Waals surface area contributed by atoms with Gasteiger partial charge in [-0.05, 0) is 79.8 Å². The molecule has 6 nitrogen and oxygen atoms in total. The summed E-state index contributed by atoms with van der Waals surface area (Å²) in [4.78, 5) is 34.7. The summed E-state index contributed by atoms with van der Waals surface area (Å²) in [5.41, 5.74) is 1.75. The lowest BCUT2D eigenvalue weighted by Crippen LogP contribution is -2.16. The van der Waals surface area contributed by atoms with Crippen molar-refractivity contribution >= 4 is 44.7 Å². The Bertz CT molecular complexity index is 1360.